The molecule has 10 heteroatoms. The number of nitrogens with zero attached hydrogens (tertiary/aromatic N) is 1. The molecule has 100 valence electrons. The fourth-order valence-electron chi connectivity index (χ4n) is 1.17. The first-order valence-corrected chi connectivity index (χ1v) is 4.86. The Labute approximate surface area is 104 Å². The lowest BCUT2D eigenvalue weighted by molar-refractivity contribution is -0.386. The minimum absolute atomic E-state index is 0.0426. The van der Waals surface area contributed by atoms with Gasteiger partial charge in [0.1, 0.15) is 0 Å². The molecule has 0 aromatic heterocycles. The van der Waals surface area contributed by atoms with E-state index in [1.165, 1.54) is 0 Å². The van der Waals surface area contributed by atoms with Crippen LogP contribution in [0.5, 0.6) is 0 Å². The Hall–Kier alpha value is -1.32. The number of hydrogen-bond donors (Lipinski definition) is 0. The molecule has 0 unspecified atom stereocenters. The van der Waals surface area contributed by atoms with Crippen molar-refractivity contribution in [2.24, 2.45) is 0 Å². The SMILES string of the molecule is O=[N+]([O-])c1cc(C(F)(F)F)c(C(F)(F)F)cc1Br. The van der Waals surface area contributed by atoms with E-state index in [0.717, 1.165) is 0 Å². The molecule has 0 heterocycles. The number of nitro benzene ring substituents is 1. The number of benzene rings is 1. The monoisotopic (exact) mass is 337 g/mol. The van der Waals surface area contributed by atoms with Crippen LogP contribution < -0.4 is 0 Å². The summed E-state index contributed by atoms with van der Waals surface area (Å²) in [5.41, 5.74) is -5.16. The third-order valence-corrected chi connectivity index (χ3v) is 2.53. The second-order valence-corrected chi connectivity index (χ2v) is 3.96. The van der Waals surface area contributed by atoms with E-state index in [9.17, 15) is 36.5 Å². The number of alkyl halides is 6. The second kappa shape index (κ2) is 4.41. The van der Waals surface area contributed by atoms with Gasteiger partial charge in [-0.3, -0.25) is 10.1 Å². The van der Waals surface area contributed by atoms with Crippen LogP contribution in [0, 0.1) is 10.1 Å². The van der Waals surface area contributed by atoms with E-state index in [4.69, 9.17) is 0 Å². The highest BCUT2D eigenvalue weighted by Crippen LogP contribution is 2.44. The predicted octanol–water partition coefficient (Wildman–Crippen LogP) is 4.39. The smallest absolute Gasteiger partial charge is 0.258 e. The molecule has 0 saturated carbocycles. The van der Waals surface area contributed by atoms with Gasteiger partial charge in [-0.25, -0.2) is 0 Å². The molecule has 1 rings (SSSR count). The van der Waals surface area contributed by atoms with Crippen LogP contribution >= 0.6 is 15.9 Å². The van der Waals surface area contributed by atoms with E-state index in [2.05, 4.69) is 15.9 Å². The van der Waals surface area contributed by atoms with E-state index in [0.29, 0.717) is 0 Å². The Morgan fingerprint density at radius 1 is 1.00 bits per heavy atom. The fourth-order valence-corrected chi connectivity index (χ4v) is 1.66. The van der Waals surface area contributed by atoms with Gasteiger partial charge in [0.2, 0.25) is 0 Å². The Bertz CT molecular complexity index is 496. The summed E-state index contributed by atoms with van der Waals surface area (Å²) in [6.45, 7) is 0. The first-order chi connectivity index (χ1) is 7.94. The molecular formula is C8H2BrF6NO2. The van der Waals surface area contributed by atoms with Crippen LogP contribution in [-0.2, 0) is 12.4 Å². The molecule has 0 aliphatic heterocycles. The van der Waals surface area contributed by atoms with Gasteiger partial charge >= 0.3 is 12.4 Å². The van der Waals surface area contributed by atoms with Gasteiger partial charge in [-0.2, -0.15) is 26.3 Å². The van der Waals surface area contributed by atoms with Crippen molar-refractivity contribution in [3.8, 4) is 0 Å². The highest BCUT2D eigenvalue weighted by Gasteiger charge is 2.44. The molecule has 1 aromatic rings. The third-order valence-electron chi connectivity index (χ3n) is 1.89. The fraction of sp³-hybridized carbons (Fsp3) is 0.250. The van der Waals surface area contributed by atoms with Gasteiger partial charge in [0.15, 0.2) is 0 Å². The van der Waals surface area contributed by atoms with Crippen LogP contribution in [0.25, 0.3) is 0 Å². The number of nitro groups is 1. The van der Waals surface area contributed by atoms with E-state index in [1.54, 1.807) is 0 Å². The summed E-state index contributed by atoms with van der Waals surface area (Å²) < 4.78 is 73.8. The van der Waals surface area contributed by atoms with Crippen LogP contribution in [0.15, 0.2) is 16.6 Å². The van der Waals surface area contributed by atoms with Gasteiger partial charge < -0.3 is 0 Å². The molecule has 0 atom stereocenters. The Kier molecular flexibility index (Phi) is 3.61. The van der Waals surface area contributed by atoms with Crippen molar-refractivity contribution >= 4 is 21.6 Å². The van der Waals surface area contributed by atoms with Gasteiger partial charge in [-0.05, 0) is 22.0 Å². The summed E-state index contributed by atoms with van der Waals surface area (Å²) in [6, 6.07) is -0.103. The van der Waals surface area contributed by atoms with Crippen LogP contribution in [-0.4, -0.2) is 4.92 Å². The van der Waals surface area contributed by atoms with Gasteiger partial charge in [-0.15, -0.1) is 0 Å². The predicted molar refractivity (Wildman–Crippen MR) is 50.8 cm³/mol. The van der Waals surface area contributed by atoms with Crippen molar-refractivity contribution in [3.63, 3.8) is 0 Å². The molecule has 0 saturated heterocycles. The number of halogens is 7. The molecular weight excluding hydrogens is 336 g/mol. The number of hydrogen-bond acceptors (Lipinski definition) is 2. The lowest BCUT2D eigenvalue weighted by atomic mass is 10.1. The summed E-state index contributed by atoms with van der Waals surface area (Å²) in [4.78, 5) is 9.18. The lowest BCUT2D eigenvalue weighted by Crippen LogP contribution is -2.17. The first kappa shape index (κ1) is 14.7. The van der Waals surface area contributed by atoms with Crippen molar-refractivity contribution < 1.29 is 31.3 Å². The Balaban J connectivity index is 3.64. The zero-order valence-electron chi connectivity index (χ0n) is 8.06. The highest BCUT2D eigenvalue weighted by atomic mass is 79.9. The third kappa shape index (κ3) is 2.92. The minimum Gasteiger partial charge on any atom is -0.258 e. The van der Waals surface area contributed by atoms with Crippen molar-refractivity contribution in [3.05, 3.63) is 37.8 Å². The highest BCUT2D eigenvalue weighted by molar-refractivity contribution is 9.10. The van der Waals surface area contributed by atoms with E-state index < -0.39 is 38.6 Å². The molecule has 0 radical (unpaired) electrons. The molecule has 0 amide bonds. The first-order valence-electron chi connectivity index (χ1n) is 4.07. The van der Waals surface area contributed by atoms with Crippen LogP contribution in [0.4, 0.5) is 32.0 Å². The van der Waals surface area contributed by atoms with E-state index >= 15 is 0 Å². The topological polar surface area (TPSA) is 43.1 Å². The van der Waals surface area contributed by atoms with Gasteiger partial charge in [0.05, 0.1) is 20.5 Å². The maximum atomic E-state index is 12.4. The molecule has 0 bridgehead atoms. The summed E-state index contributed by atoms with van der Waals surface area (Å²) in [5.74, 6) is 0. The maximum absolute atomic E-state index is 12.4. The zero-order valence-corrected chi connectivity index (χ0v) is 9.65. The maximum Gasteiger partial charge on any atom is 0.417 e. The summed E-state index contributed by atoms with van der Waals surface area (Å²) in [6.07, 6.45) is -10.6. The van der Waals surface area contributed by atoms with E-state index in [-0.39, 0.29) is 12.1 Å². The average molecular weight is 338 g/mol. The van der Waals surface area contributed by atoms with Crippen LogP contribution in [0.2, 0.25) is 0 Å². The van der Waals surface area contributed by atoms with Crippen molar-refractivity contribution in [2.75, 3.05) is 0 Å². The Morgan fingerprint density at radius 3 is 1.72 bits per heavy atom. The standard InChI is InChI=1S/C8H2BrF6NO2/c9-5-1-3(7(10,11)12)4(8(13,14)15)2-6(5)16(17)18/h1-2H. The largest absolute Gasteiger partial charge is 0.417 e. The zero-order chi connectivity index (χ0) is 14.3. The molecule has 1 aromatic carbocycles. The van der Waals surface area contributed by atoms with Crippen LogP contribution in [0.3, 0.4) is 0 Å². The van der Waals surface area contributed by atoms with E-state index in [1.807, 2.05) is 0 Å². The van der Waals surface area contributed by atoms with Crippen molar-refractivity contribution in [1.82, 2.24) is 0 Å². The van der Waals surface area contributed by atoms with Crippen molar-refractivity contribution in [1.29, 1.82) is 0 Å². The molecule has 0 aliphatic rings. The molecule has 0 aliphatic carbocycles. The average Bonchev–Trinajstić information content (AvgIpc) is 2.13. The molecule has 0 spiro atoms. The van der Waals surface area contributed by atoms with Crippen molar-refractivity contribution in [2.45, 2.75) is 12.4 Å². The summed E-state index contributed by atoms with van der Waals surface area (Å²) in [7, 11) is 0. The molecule has 3 nitrogen and oxygen atoms in total. The molecule has 0 fully saturated rings. The minimum atomic E-state index is -5.34. The molecule has 18 heavy (non-hydrogen) atoms. The Morgan fingerprint density at radius 2 is 1.39 bits per heavy atom. The van der Waals surface area contributed by atoms with Gasteiger partial charge in [0.25, 0.3) is 5.69 Å². The second-order valence-electron chi connectivity index (χ2n) is 3.10. The van der Waals surface area contributed by atoms with Gasteiger partial charge in [-0.1, -0.05) is 0 Å². The molecule has 0 N–H and O–H groups in total. The van der Waals surface area contributed by atoms with Crippen LogP contribution in [0.1, 0.15) is 11.1 Å². The lowest BCUT2D eigenvalue weighted by Gasteiger charge is -2.15. The summed E-state index contributed by atoms with van der Waals surface area (Å²) >= 11 is 2.43. The normalized spacial score (nSPS) is 12.6. The number of rotatable bonds is 1. The van der Waals surface area contributed by atoms with Gasteiger partial charge in [0, 0.05) is 6.07 Å². The quantitative estimate of drug-likeness (QED) is 0.433. The summed E-state index contributed by atoms with van der Waals surface area (Å²) in [5, 5.41) is 10.4.